The number of carbonyl (C=O) groups excluding carboxylic acids is 1. The zero-order chi connectivity index (χ0) is 17.4. The molecule has 4 nitrogen and oxygen atoms in total. The molecular weight excluding hydrogens is 300 g/mol. The highest BCUT2D eigenvalue weighted by Gasteiger charge is 2.03. The molecule has 4 heteroatoms. The summed E-state index contributed by atoms with van der Waals surface area (Å²) in [6.45, 7) is 3.14. The molecule has 2 aromatic rings. The molecule has 0 heterocycles. The zero-order valence-electron chi connectivity index (χ0n) is 14.7. The summed E-state index contributed by atoms with van der Waals surface area (Å²) in [7, 11) is 4.02. The van der Waals surface area contributed by atoms with E-state index in [2.05, 4.69) is 22.3 Å². The van der Waals surface area contributed by atoms with Crippen LogP contribution in [0.25, 0.3) is 0 Å². The standard InChI is InChI=1S/C20H26N2O2/c1-16-6-4-7-19(14-16)24-13-5-8-20(23)21-15-17-9-11-18(12-10-17)22(2)3/h4,6-7,9-12,14H,5,8,13,15H2,1-3H3,(H,21,23). The van der Waals surface area contributed by atoms with Crippen molar-refractivity contribution in [2.75, 3.05) is 25.6 Å². The van der Waals surface area contributed by atoms with E-state index in [0.29, 0.717) is 26.0 Å². The Hall–Kier alpha value is -2.49. The van der Waals surface area contributed by atoms with Crippen molar-refractivity contribution in [2.45, 2.75) is 26.3 Å². The van der Waals surface area contributed by atoms with E-state index in [9.17, 15) is 4.79 Å². The highest BCUT2D eigenvalue weighted by Crippen LogP contribution is 2.13. The number of benzene rings is 2. The van der Waals surface area contributed by atoms with Gasteiger partial charge in [0, 0.05) is 32.7 Å². The van der Waals surface area contributed by atoms with Crippen LogP contribution < -0.4 is 15.0 Å². The highest BCUT2D eigenvalue weighted by molar-refractivity contribution is 5.75. The first-order valence-corrected chi connectivity index (χ1v) is 8.27. The minimum atomic E-state index is 0.0551. The van der Waals surface area contributed by atoms with Gasteiger partial charge in [0.15, 0.2) is 0 Å². The number of nitrogens with zero attached hydrogens (tertiary/aromatic N) is 1. The van der Waals surface area contributed by atoms with Gasteiger partial charge in [-0.1, -0.05) is 24.3 Å². The quantitative estimate of drug-likeness (QED) is 0.755. The Morgan fingerprint density at radius 3 is 2.54 bits per heavy atom. The maximum atomic E-state index is 11.9. The smallest absolute Gasteiger partial charge is 0.220 e. The van der Waals surface area contributed by atoms with Gasteiger partial charge >= 0.3 is 0 Å². The lowest BCUT2D eigenvalue weighted by molar-refractivity contribution is -0.121. The first-order valence-electron chi connectivity index (χ1n) is 8.27. The summed E-state index contributed by atoms with van der Waals surface area (Å²) in [6, 6.07) is 16.1. The van der Waals surface area contributed by atoms with E-state index in [1.54, 1.807) is 0 Å². The second kappa shape index (κ2) is 8.96. The van der Waals surface area contributed by atoms with Gasteiger partial charge in [0.25, 0.3) is 0 Å². The van der Waals surface area contributed by atoms with Gasteiger partial charge in [-0.2, -0.15) is 0 Å². The summed E-state index contributed by atoms with van der Waals surface area (Å²) in [6.07, 6.45) is 1.18. The monoisotopic (exact) mass is 326 g/mol. The Kier molecular flexibility index (Phi) is 6.67. The summed E-state index contributed by atoms with van der Waals surface area (Å²) in [5.41, 5.74) is 3.42. The average Bonchev–Trinajstić information content (AvgIpc) is 2.57. The molecular formula is C20H26N2O2. The van der Waals surface area contributed by atoms with Crippen LogP contribution in [0.4, 0.5) is 5.69 Å². The maximum Gasteiger partial charge on any atom is 0.220 e. The Bertz CT molecular complexity index is 651. The molecule has 0 aliphatic heterocycles. The van der Waals surface area contributed by atoms with Crippen molar-refractivity contribution < 1.29 is 9.53 Å². The number of aryl methyl sites for hydroxylation is 1. The van der Waals surface area contributed by atoms with Crippen molar-refractivity contribution in [2.24, 2.45) is 0 Å². The van der Waals surface area contributed by atoms with E-state index >= 15 is 0 Å². The molecule has 0 aromatic heterocycles. The van der Waals surface area contributed by atoms with Crippen molar-refractivity contribution in [1.82, 2.24) is 5.32 Å². The number of ether oxygens (including phenoxy) is 1. The van der Waals surface area contributed by atoms with Gasteiger partial charge in [-0.15, -0.1) is 0 Å². The van der Waals surface area contributed by atoms with Crippen molar-refractivity contribution in [1.29, 1.82) is 0 Å². The van der Waals surface area contributed by atoms with E-state index in [1.807, 2.05) is 57.4 Å². The lowest BCUT2D eigenvalue weighted by Gasteiger charge is -2.13. The topological polar surface area (TPSA) is 41.6 Å². The molecule has 0 saturated carbocycles. The van der Waals surface area contributed by atoms with Crippen molar-refractivity contribution in [3.05, 3.63) is 59.7 Å². The molecule has 1 amide bonds. The van der Waals surface area contributed by atoms with Crippen LogP contribution >= 0.6 is 0 Å². The average molecular weight is 326 g/mol. The number of nitrogens with one attached hydrogen (secondary N) is 1. The van der Waals surface area contributed by atoms with Crippen LogP contribution in [0.1, 0.15) is 24.0 Å². The van der Waals surface area contributed by atoms with E-state index in [0.717, 1.165) is 17.0 Å². The third-order valence-corrected chi connectivity index (χ3v) is 3.75. The molecule has 0 fully saturated rings. The van der Waals surface area contributed by atoms with Crippen LogP contribution in [-0.2, 0) is 11.3 Å². The van der Waals surface area contributed by atoms with Crippen LogP contribution in [0.15, 0.2) is 48.5 Å². The van der Waals surface area contributed by atoms with Crippen molar-refractivity contribution in [3.63, 3.8) is 0 Å². The van der Waals surface area contributed by atoms with E-state index in [-0.39, 0.29) is 5.91 Å². The molecule has 0 atom stereocenters. The van der Waals surface area contributed by atoms with Crippen molar-refractivity contribution in [3.8, 4) is 5.75 Å². The van der Waals surface area contributed by atoms with E-state index < -0.39 is 0 Å². The second-order valence-corrected chi connectivity index (χ2v) is 6.11. The fourth-order valence-corrected chi connectivity index (χ4v) is 2.33. The fraction of sp³-hybridized carbons (Fsp3) is 0.350. The number of amides is 1. The lowest BCUT2D eigenvalue weighted by Crippen LogP contribution is -2.23. The summed E-state index contributed by atoms with van der Waals surface area (Å²) in [5.74, 6) is 0.913. The van der Waals surface area contributed by atoms with E-state index in [1.165, 1.54) is 5.56 Å². The summed E-state index contributed by atoms with van der Waals surface area (Å²) in [5, 5.41) is 2.95. The molecule has 128 valence electrons. The molecule has 0 spiro atoms. The van der Waals surface area contributed by atoms with Crippen LogP contribution in [0, 0.1) is 6.92 Å². The van der Waals surface area contributed by atoms with Crippen molar-refractivity contribution >= 4 is 11.6 Å². The van der Waals surface area contributed by atoms with Crippen LogP contribution in [0.3, 0.4) is 0 Å². The highest BCUT2D eigenvalue weighted by atomic mass is 16.5. The number of anilines is 1. The van der Waals surface area contributed by atoms with Gasteiger partial charge in [-0.25, -0.2) is 0 Å². The third-order valence-electron chi connectivity index (χ3n) is 3.75. The van der Waals surface area contributed by atoms with Crippen LogP contribution in [0.5, 0.6) is 5.75 Å². The van der Waals surface area contributed by atoms with E-state index in [4.69, 9.17) is 4.74 Å². The predicted molar refractivity (Wildman–Crippen MR) is 98.5 cm³/mol. The zero-order valence-corrected chi connectivity index (χ0v) is 14.7. The van der Waals surface area contributed by atoms with Gasteiger partial charge in [0.1, 0.15) is 5.75 Å². The van der Waals surface area contributed by atoms with Crippen LogP contribution in [-0.4, -0.2) is 26.6 Å². The summed E-state index contributed by atoms with van der Waals surface area (Å²) < 4.78 is 5.65. The Labute approximate surface area is 144 Å². The van der Waals surface area contributed by atoms with Gasteiger partial charge in [-0.05, 0) is 48.7 Å². The van der Waals surface area contributed by atoms with Gasteiger partial charge in [0.2, 0.25) is 5.91 Å². The molecule has 0 saturated heterocycles. The summed E-state index contributed by atoms with van der Waals surface area (Å²) in [4.78, 5) is 13.9. The lowest BCUT2D eigenvalue weighted by atomic mass is 10.2. The summed E-state index contributed by atoms with van der Waals surface area (Å²) >= 11 is 0. The Morgan fingerprint density at radius 1 is 1.12 bits per heavy atom. The molecule has 2 rings (SSSR count). The third kappa shape index (κ3) is 5.95. The molecule has 0 unspecified atom stereocenters. The minimum absolute atomic E-state index is 0.0551. The maximum absolute atomic E-state index is 11.9. The molecule has 1 N–H and O–H groups in total. The van der Waals surface area contributed by atoms with Gasteiger partial charge in [0.05, 0.1) is 6.61 Å². The molecule has 0 radical (unpaired) electrons. The molecule has 0 aliphatic carbocycles. The molecule has 0 bridgehead atoms. The van der Waals surface area contributed by atoms with Gasteiger partial charge < -0.3 is 15.0 Å². The Balaban J connectivity index is 1.64. The molecule has 2 aromatic carbocycles. The molecule has 24 heavy (non-hydrogen) atoms. The second-order valence-electron chi connectivity index (χ2n) is 6.11. The number of hydrogen-bond donors (Lipinski definition) is 1. The fourth-order valence-electron chi connectivity index (χ4n) is 2.33. The largest absolute Gasteiger partial charge is 0.494 e. The molecule has 0 aliphatic rings. The minimum Gasteiger partial charge on any atom is -0.494 e. The SMILES string of the molecule is Cc1cccc(OCCCC(=O)NCc2ccc(N(C)C)cc2)c1. The number of carbonyl (C=O) groups is 1. The number of rotatable bonds is 8. The Morgan fingerprint density at radius 2 is 1.88 bits per heavy atom. The predicted octanol–water partition coefficient (Wildman–Crippen LogP) is 3.54. The number of hydrogen-bond acceptors (Lipinski definition) is 3. The first-order chi connectivity index (χ1) is 11.5. The normalized spacial score (nSPS) is 10.3. The van der Waals surface area contributed by atoms with Crippen LogP contribution in [0.2, 0.25) is 0 Å². The van der Waals surface area contributed by atoms with Gasteiger partial charge in [-0.3, -0.25) is 4.79 Å². The first kappa shape index (κ1) is 17.9.